The Morgan fingerprint density at radius 1 is 1.35 bits per heavy atom. The first-order chi connectivity index (χ1) is 8.12. The molecule has 1 atom stereocenters. The van der Waals surface area contributed by atoms with Crippen molar-refractivity contribution in [2.75, 3.05) is 25.0 Å². The maximum atomic E-state index is 3.65. The van der Waals surface area contributed by atoms with Gasteiger partial charge in [-0.3, -0.25) is 0 Å². The average molecular weight is 230 g/mol. The fourth-order valence-electron chi connectivity index (χ4n) is 3.18. The van der Waals surface area contributed by atoms with Crippen LogP contribution in [-0.2, 0) is 6.42 Å². The third kappa shape index (κ3) is 2.32. The van der Waals surface area contributed by atoms with Crippen LogP contribution in [0, 0.1) is 5.41 Å². The summed E-state index contributed by atoms with van der Waals surface area (Å²) in [5.74, 6) is 0. The highest BCUT2D eigenvalue weighted by molar-refractivity contribution is 5.56. The smallest absolute Gasteiger partial charge is 0.0429 e. The maximum absolute atomic E-state index is 3.65. The minimum Gasteiger partial charge on any atom is -0.380 e. The Kier molecular flexibility index (Phi) is 2.62. The lowest BCUT2D eigenvalue weighted by Gasteiger charge is -2.23. The number of nitrogens with one attached hydrogen (secondary N) is 1. The Morgan fingerprint density at radius 3 is 2.88 bits per heavy atom. The molecule has 1 unspecified atom stereocenters. The van der Waals surface area contributed by atoms with Gasteiger partial charge in [0.1, 0.15) is 0 Å². The molecule has 0 aromatic heterocycles. The normalized spacial score (nSPS) is 26.8. The molecule has 2 heterocycles. The molecule has 1 aromatic rings. The summed E-state index contributed by atoms with van der Waals surface area (Å²) in [7, 11) is 0. The average Bonchev–Trinajstić information content (AvgIpc) is 2.81. The van der Waals surface area contributed by atoms with E-state index in [4.69, 9.17) is 0 Å². The van der Waals surface area contributed by atoms with Crippen LogP contribution in [0.2, 0.25) is 0 Å². The lowest BCUT2D eigenvalue weighted by Crippen LogP contribution is -2.35. The van der Waals surface area contributed by atoms with Crippen LogP contribution in [0.25, 0.3) is 0 Å². The molecule has 1 saturated heterocycles. The summed E-state index contributed by atoms with van der Waals surface area (Å²) in [6.45, 7) is 8.47. The second-order valence-electron chi connectivity index (χ2n) is 6.35. The molecule has 2 nitrogen and oxygen atoms in total. The molecule has 1 aromatic carbocycles. The molecule has 2 aliphatic rings. The van der Waals surface area contributed by atoms with Crippen molar-refractivity contribution in [3.63, 3.8) is 0 Å². The van der Waals surface area contributed by atoms with Gasteiger partial charge in [-0.1, -0.05) is 32.0 Å². The molecule has 1 fully saturated rings. The standard InChI is InChI=1S/C15H22N2/c1-15(2)7-8-17(11-15)10-13-9-12-5-3-4-6-14(12)16-13/h3-6,13,16H,7-11H2,1-2H3. The van der Waals surface area contributed by atoms with E-state index < -0.39 is 0 Å². The summed E-state index contributed by atoms with van der Waals surface area (Å²) in [6.07, 6.45) is 2.53. The quantitative estimate of drug-likeness (QED) is 0.840. The van der Waals surface area contributed by atoms with E-state index >= 15 is 0 Å². The fraction of sp³-hybridized carbons (Fsp3) is 0.600. The Labute approximate surface area is 104 Å². The summed E-state index contributed by atoms with van der Waals surface area (Å²) in [4.78, 5) is 2.61. The first kappa shape index (κ1) is 11.1. The monoisotopic (exact) mass is 230 g/mol. The van der Waals surface area contributed by atoms with E-state index in [9.17, 15) is 0 Å². The molecule has 0 bridgehead atoms. The van der Waals surface area contributed by atoms with Crippen LogP contribution < -0.4 is 5.32 Å². The van der Waals surface area contributed by atoms with E-state index in [1.54, 1.807) is 0 Å². The molecule has 0 aliphatic carbocycles. The molecular formula is C15H22N2. The molecule has 3 rings (SSSR count). The third-order valence-electron chi connectivity index (χ3n) is 4.08. The molecule has 17 heavy (non-hydrogen) atoms. The van der Waals surface area contributed by atoms with Gasteiger partial charge >= 0.3 is 0 Å². The number of nitrogens with zero attached hydrogens (tertiary/aromatic N) is 1. The Bertz CT molecular complexity index is 386. The number of para-hydroxylation sites is 1. The zero-order valence-corrected chi connectivity index (χ0v) is 10.9. The molecule has 0 amide bonds. The van der Waals surface area contributed by atoms with Gasteiger partial charge in [0, 0.05) is 24.8 Å². The van der Waals surface area contributed by atoms with Crippen molar-refractivity contribution in [2.45, 2.75) is 32.7 Å². The van der Waals surface area contributed by atoms with E-state index in [0.29, 0.717) is 11.5 Å². The van der Waals surface area contributed by atoms with Gasteiger partial charge in [0.2, 0.25) is 0 Å². The van der Waals surface area contributed by atoms with Crippen LogP contribution >= 0.6 is 0 Å². The summed E-state index contributed by atoms with van der Waals surface area (Å²) in [5, 5.41) is 3.65. The van der Waals surface area contributed by atoms with E-state index in [-0.39, 0.29) is 0 Å². The van der Waals surface area contributed by atoms with Gasteiger partial charge in [-0.2, -0.15) is 0 Å². The summed E-state index contributed by atoms with van der Waals surface area (Å²) < 4.78 is 0. The second kappa shape index (κ2) is 4.02. The largest absolute Gasteiger partial charge is 0.380 e. The predicted molar refractivity (Wildman–Crippen MR) is 72.4 cm³/mol. The number of rotatable bonds is 2. The lowest BCUT2D eigenvalue weighted by atomic mass is 9.93. The highest BCUT2D eigenvalue weighted by Gasteiger charge is 2.31. The maximum Gasteiger partial charge on any atom is 0.0429 e. The zero-order valence-electron chi connectivity index (χ0n) is 10.9. The molecule has 0 saturated carbocycles. The number of anilines is 1. The number of likely N-dealkylation sites (tertiary alicyclic amines) is 1. The van der Waals surface area contributed by atoms with E-state index in [2.05, 4.69) is 48.3 Å². The molecule has 0 radical (unpaired) electrons. The Morgan fingerprint density at radius 2 is 2.18 bits per heavy atom. The fourth-order valence-corrected chi connectivity index (χ4v) is 3.18. The molecular weight excluding hydrogens is 208 g/mol. The zero-order chi connectivity index (χ0) is 11.9. The van der Waals surface area contributed by atoms with Crippen molar-refractivity contribution in [1.82, 2.24) is 4.90 Å². The number of hydrogen-bond acceptors (Lipinski definition) is 2. The van der Waals surface area contributed by atoms with Crippen LogP contribution in [0.15, 0.2) is 24.3 Å². The molecule has 2 heteroatoms. The van der Waals surface area contributed by atoms with E-state index in [1.807, 2.05) is 0 Å². The van der Waals surface area contributed by atoms with Crippen molar-refractivity contribution < 1.29 is 0 Å². The summed E-state index contributed by atoms with van der Waals surface area (Å²) in [6, 6.07) is 9.32. The molecule has 1 N–H and O–H groups in total. The van der Waals surface area contributed by atoms with Crippen LogP contribution in [-0.4, -0.2) is 30.6 Å². The highest BCUT2D eigenvalue weighted by Crippen LogP contribution is 2.31. The van der Waals surface area contributed by atoms with Gasteiger partial charge in [0.25, 0.3) is 0 Å². The molecule has 2 aliphatic heterocycles. The number of hydrogen-bond donors (Lipinski definition) is 1. The first-order valence-electron chi connectivity index (χ1n) is 6.69. The lowest BCUT2D eigenvalue weighted by molar-refractivity contribution is 0.281. The predicted octanol–water partition coefficient (Wildman–Crippen LogP) is 2.76. The Balaban J connectivity index is 1.59. The van der Waals surface area contributed by atoms with Crippen molar-refractivity contribution in [3.05, 3.63) is 29.8 Å². The van der Waals surface area contributed by atoms with Crippen molar-refractivity contribution in [3.8, 4) is 0 Å². The SMILES string of the molecule is CC1(C)CCN(CC2Cc3ccccc3N2)C1. The third-order valence-corrected chi connectivity index (χ3v) is 4.08. The van der Waals surface area contributed by atoms with E-state index in [1.165, 1.54) is 43.7 Å². The highest BCUT2D eigenvalue weighted by atomic mass is 15.2. The van der Waals surface area contributed by atoms with Gasteiger partial charge in [0.05, 0.1) is 0 Å². The van der Waals surface area contributed by atoms with Crippen LogP contribution in [0.5, 0.6) is 0 Å². The second-order valence-corrected chi connectivity index (χ2v) is 6.35. The summed E-state index contributed by atoms with van der Waals surface area (Å²) in [5.41, 5.74) is 3.35. The first-order valence-corrected chi connectivity index (χ1v) is 6.69. The van der Waals surface area contributed by atoms with Gasteiger partial charge in [0.15, 0.2) is 0 Å². The summed E-state index contributed by atoms with van der Waals surface area (Å²) >= 11 is 0. The number of benzene rings is 1. The number of fused-ring (bicyclic) bond motifs is 1. The molecule has 0 spiro atoms. The van der Waals surface area contributed by atoms with Gasteiger partial charge in [-0.05, 0) is 36.4 Å². The van der Waals surface area contributed by atoms with Crippen molar-refractivity contribution in [2.24, 2.45) is 5.41 Å². The van der Waals surface area contributed by atoms with Crippen LogP contribution in [0.4, 0.5) is 5.69 Å². The van der Waals surface area contributed by atoms with Gasteiger partial charge in [-0.15, -0.1) is 0 Å². The van der Waals surface area contributed by atoms with Crippen LogP contribution in [0.3, 0.4) is 0 Å². The minimum atomic E-state index is 0.519. The van der Waals surface area contributed by atoms with Crippen molar-refractivity contribution >= 4 is 5.69 Å². The Hall–Kier alpha value is -1.02. The van der Waals surface area contributed by atoms with Gasteiger partial charge in [-0.25, -0.2) is 0 Å². The van der Waals surface area contributed by atoms with E-state index in [0.717, 1.165) is 0 Å². The van der Waals surface area contributed by atoms with Crippen molar-refractivity contribution in [1.29, 1.82) is 0 Å². The van der Waals surface area contributed by atoms with Gasteiger partial charge < -0.3 is 10.2 Å². The van der Waals surface area contributed by atoms with Crippen LogP contribution in [0.1, 0.15) is 25.8 Å². The topological polar surface area (TPSA) is 15.3 Å². The minimum absolute atomic E-state index is 0.519. The molecule has 92 valence electrons.